The van der Waals surface area contributed by atoms with E-state index in [1.807, 2.05) is 0 Å². The van der Waals surface area contributed by atoms with Crippen LogP contribution in [0.15, 0.2) is 21.1 Å². The van der Waals surface area contributed by atoms with E-state index in [9.17, 15) is 0 Å². The van der Waals surface area contributed by atoms with E-state index in [0.29, 0.717) is 5.92 Å². The molecule has 0 bridgehead atoms. The second kappa shape index (κ2) is 5.17. The molecule has 0 aliphatic carbocycles. The summed E-state index contributed by atoms with van der Waals surface area (Å²) >= 11 is 6.99. The van der Waals surface area contributed by atoms with E-state index in [0.717, 1.165) is 21.1 Å². The van der Waals surface area contributed by atoms with Crippen molar-refractivity contribution in [3.8, 4) is 5.75 Å². The van der Waals surface area contributed by atoms with Crippen molar-refractivity contribution in [3.05, 3.63) is 26.6 Å². The SMILES string of the molecule is COc1c(Br)cc(CC(C)C)cc1Br. The topological polar surface area (TPSA) is 9.23 Å². The van der Waals surface area contributed by atoms with Crippen LogP contribution in [0, 0.1) is 5.92 Å². The third kappa shape index (κ3) is 2.99. The van der Waals surface area contributed by atoms with Gasteiger partial charge in [0.25, 0.3) is 0 Å². The molecule has 0 aliphatic heterocycles. The largest absolute Gasteiger partial charge is 0.494 e. The highest BCUT2D eigenvalue weighted by atomic mass is 79.9. The van der Waals surface area contributed by atoms with Crippen LogP contribution in [-0.2, 0) is 6.42 Å². The van der Waals surface area contributed by atoms with Gasteiger partial charge in [0.2, 0.25) is 0 Å². The number of hydrogen-bond acceptors (Lipinski definition) is 1. The first-order chi connectivity index (χ1) is 6.54. The molecule has 1 aromatic carbocycles. The van der Waals surface area contributed by atoms with Gasteiger partial charge in [0.1, 0.15) is 5.75 Å². The molecule has 0 spiro atoms. The molecule has 3 heteroatoms. The summed E-state index contributed by atoms with van der Waals surface area (Å²) in [5, 5.41) is 0. The summed E-state index contributed by atoms with van der Waals surface area (Å²) in [6.07, 6.45) is 1.08. The molecule has 1 nitrogen and oxygen atoms in total. The highest BCUT2D eigenvalue weighted by Crippen LogP contribution is 2.34. The van der Waals surface area contributed by atoms with Gasteiger partial charge in [0.05, 0.1) is 16.1 Å². The van der Waals surface area contributed by atoms with Crippen LogP contribution in [0.25, 0.3) is 0 Å². The average Bonchev–Trinajstić information content (AvgIpc) is 2.01. The first kappa shape index (κ1) is 12.1. The summed E-state index contributed by atoms with van der Waals surface area (Å²) in [6, 6.07) is 4.23. The molecule has 78 valence electrons. The average molecular weight is 322 g/mol. The number of halogens is 2. The minimum atomic E-state index is 0.669. The van der Waals surface area contributed by atoms with Crippen LogP contribution in [-0.4, -0.2) is 7.11 Å². The predicted molar refractivity (Wildman–Crippen MR) is 66.9 cm³/mol. The second-order valence-corrected chi connectivity index (χ2v) is 5.40. The summed E-state index contributed by atoms with van der Waals surface area (Å²) in [5.41, 5.74) is 1.32. The van der Waals surface area contributed by atoms with E-state index in [1.165, 1.54) is 5.56 Å². The van der Waals surface area contributed by atoms with Crippen LogP contribution < -0.4 is 4.74 Å². The number of hydrogen-bond donors (Lipinski definition) is 0. The highest BCUT2D eigenvalue weighted by molar-refractivity contribution is 9.11. The molecule has 0 radical (unpaired) electrons. The molecule has 1 aromatic rings. The first-order valence-electron chi connectivity index (χ1n) is 4.56. The Kier molecular flexibility index (Phi) is 4.45. The minimum Gasteiger partial charge on any atom is -0.494 e. The smallest absolute Gasteiger partial charge is 0.147 e. The monoisotopic (exact) mass is 320 g/mol. The Morgan fingerprint density at radius 3 is 2.07 bits per heavy atom. The molecule has 0 atom stereocenters. The van der Waals surface area contributed by atoms with Crippen molar-refractivity contribution >= 4 is 31.9 Å². The van der Waals surface area contributed by atoms with Crippen molar-refractivity contribution in [1.82, 2.24) is 0 Å². The van der Waals surface area contributed by atoms with Gasteiger partial charge in [-0.3, -0.25) is 0 Å². The molecule has 0 saturated carbocycles. The number of benzene rings is 1. The molecule has 14 heavy (non-hydrogen) atoms. The highest BCUT2D eigenvalue weighted by Gasteiger charge is 2.08. The van der Waals surface area contributed by atoms with Crippen molar-refractivity contribution in [2.24, 2.45) is 5.92 Å². The van der Waals surface area contributed by atoms with E-state index < -0.39 is 0 Å². The minimum absolute atomic E-state index is 0.669. The van der Waals surface area contributed by atoms with E-state index in [4.69, 9.17) is 4.74 Å². The molecule has 0 amide bonds. The summed E-state index contributed by atoms with van der Waals surface area (Å²) in [4.78, 5) is 0. The molecule has 0 unspecified atom stereocenters. The lowest BCUT2D eigenvalue weighted by Gasteiger charge is -2.10. The number of rotatable bonds is 3. The van der Waals surface area contributed by atoms with E-state index in [2.05, 4.69) is 57.8 Å². The maximum Gasteiger partial charge on any atom is 0.147 e. The van der Waals surface area contributed by atoms with Gasteiger partial charge in [0, 0.05) is 0 Å². The zero-order valence-electron chi connectivity index (χ0n) is 8.60. The Balaban J connectivity index is 3.01. The van der Waals surface area contributed by atoms with Crippen molar-refractivity contribution in [2.75, 3.05) is 7.11 Å². The fourth-order valence-corrected chi connectivity index (χ4v) is 3.00. The van der Waals surface area contributed by atoms with Crippen molar-refractivity contribution in [1.29, 1.82) is 0 Å². The Labute approximate surface area is 102 Å². The molecule has 0 fully saturated rings. The maximum atomic E-state index is 5.24. The van der Waals surface area contributed by atoms with Crippen LogP contribution in [0.2, 0.25) is 0 Å². The van der Waals surface area contributed by atoms with Crippen LogP contribution in [0.1, 0.15) is 19.4 Å². The Bertz CT molecular complexity index is 298. The summed E-state index contributed by atoms with van der Waals surface area (Å²) < 4.78 is 7.25. The van der Waals surface area contributed by atoms with Gasteiger partial charge in [-0.1, -0.05) is 13.8 Å². The Morgan fingerprint density at radius 1 is 1.21 bits per heavy atom. The molecule has 0 saturated heterocycles. The number of ether oxygens (including phenoxy) is 1. The van der Waals surface area contributed by atoms with E-state index in [-0.39, 0.29) is 0 Å². The van der Waals surface area contributed by atoms with Crippen LogP contribution in [0.5, 0.6) is 5.75 Å². The van der Waals surface area contributed by atoms with Crippen LogP contribution in [0.4, 0.5) is 0 Å². The van der Waals surface area contributed by atoms with Crippen LogP contribution >= 0.6 is 31.9 Å². The molecular formula is C11H14Br2O. The normalized spacial score (nSPS) is 10.7. The number of methoxy groups -OCH3 is 1. The van der Waals surface area contributed by atoms with Crippen molar-refractivity contribution in [3.63, 3.8) is 0 Å². The molecule has 0 aliphatic rings. The summed E-state index contributed by atoms with van der Waals surface area (Å²) in [6.45, 7) is 4.43. The zero-order valence-corrected chi connectivity index (χ0v) is 11.8. The van der Waals surface area contributed by atoms with Gasteiger partial charge >= 0.3 is 0 Å². The van der Waals surface area contributed by atoms with Gasteiger partial charge in [-0.2, -0.15) is 0 Å². The lowest BCUT2D eigenvalue weighted by molar-refractivity contribution is 0.409. The van der Waals surface area contributed by atoms with Crippen molar-refractivity contribution in [2.45, 2.75) is 20.3 Å². The Hall–Kier alpha value is -0.0200. The molecule has 1 rings (SSSR count). The van der Waals surface area contributed by atoms with Gasteiger partial charge < -0.3 is 4.74 Å². The maximum absolute atomic E-state index is 5.24. The fraction of sp³-hybridized carbons (Fsp3) is 0.455. The summed E-state index contributed by atoms with van der Waals surface area (Å²) in [7, 11) is 1.67. The third-order valence-electron chi connectivity index (χ3n) is 1.91. The third-order valence-corrected chi connectivity index (χ3v) is 3.08. The lowest BCUT2D eigenvalue weighted by Crippen LogP contribution is -1.95. The first-order valence-corrected chi connectivity index (χ1v) is 6.15. The second-order valence-electron chi connectivity index (χ2n) is 3.69. The molecule has 0 heterocycles. The van der Waals surface area contributed by atoms with Crippen molar-refractivity contribution < 1.29 is 4.74 Å². The standard InChI is InChI=1S/C11H14Br2O/c1-7(2)4-8-5-9(12)11(14-3)10(13)6-8/h5-7H,4H2,1-3H3. The van der Waals surface area contributed by atoms with Crippen LogP contribution in [0.3, 0.4) is 0 Å². The molecular weight excluding hydrogens is 308 g/mol. The fourth-order valence-electron chi connectivity index (χ4n) is 1.40. The van der Waals surface area contributed by atoms with Gasteiger partial charge in [-0.25, -0.2) is 0 Å². The quantitative estimate of drug-likeness (QED) is 0.800. The van der Waals surface area contributed by atoms with Gasteiger partial charge in [-0.05, 0) is 61.9 Å². The molecule has 0 N–H and O–H groups in total. The zero-order chi connectivity index (χ0) is 10.7. The predicted octanol–water partition coefficient (Wildman–Crippen LogP) is 4.42. The molecule has 0 aromatic heterocycles. The van der Waals surface area contributed by atoms with E-state index in [1.54, 1.807) is 7.11 Å². The van der Waals surface area contributed by atoms with Gasteiger partial charge in [0.15, 0.2) is 0 Å². The van der Waals surface area contributed by atoms with Gasteiger partial charge in [-0.15, -0.1) is 0 Å². The van der Waals surface area contributed by atoms with E-state index >= 15 is 0 Å². The lowest BCUT2D eigenvalue weighted by atomic mass is 10.0. The Morgan fingerprint density at radius 2 is 1.71 bits per heavy atom. The summed E-state index contributed by atoms with van der Waals surface area (Å²) in [5.74, 6) is 1.53.